The van der Waals surface area contributed by atoms with Gasteiger partial charge in [-0.05, 0) is 12.1 Å². The molecule has 4 rings (SSSR count). The van der Waals surface area contributed by atoms with Crippen LogP contribution in [0.5, 0.6) is 0 Å². The summed E-state index contributed by atoms with van der Waals surface area (Å²) in [4.78, 5) is 11.0. The van der Waals surface area contributed by atoms with Crippen LogP contribution in [0.25, 0.3) is 0 Å². The second-order valence-corrected chi connectivity index (χ2v) is 5.22. The highest BCUT2D eigenvalue weighted by molar-refractivity contribution is 5.07. The predicted molar refractivity (Wildman–Crippen MR) is 74.2 cm³/mol. The third-order valence-electron chi connectivity index (χ3n) is 3.68. The number of aromatic nitrogens is 5. The summed E-state index contributed by atoms with van der Waals surface area (Å²) < 4.78 is 9.43. The summed E-state index contributed by atoms with van der Waals surface area (Å²) in [6, 6.07) is 3.94. The van der Waals surface area contributed by atoms with Crippen molar-refractivity contribution in [1.29, 1.82) is 0 Å². The molecule has 0 radical (unpaired) electrons. The third kappa shape index (κ3) is 2.59. The van der Waals surface area contributed by atoms with Gasteiger partial charge in [0.25, 0.3) is 0 Å². The van der Waals surface area contributed by atoms with Crippen molar-refractivity contribution >= 4 is 0 Å². The van der Waals surface area contributed by atoms with Crippen molar-refractivity contribution in [1.82, 2.24) is 29.2 Å². The average molecular weight is 284 g/mol. The Kier molecular flexibility index (Phi) is 3.04. The number of nitrogens with zero attached hydrogens (tertiary/aromatic N) is 6. The number of rotatable bonds is 4. The van der Waals surface area contributed by atoms with E-state index < -0.39 is 0 Å². The van der Waals surface area contributed by atoms with Crippen molar-refractivity contribution in [2.75, 3.05) is 6.54 Å². The van der Waals surface area contributed by atoms with Crippen molar-refractivity contribution < 1.29 is 4.42 Å². The molecule has 3 aromatic heterocycles. The van der Waals surface area contributed by atoms with Gasteiger partial charge in [0.15, 0.2) is 0 Å². The second-order valence-electron chi connectivity index (χ2n) is 5.22. The summed E-state index contributed by atoms with van der Waals surface area (Å²) >= 11 is 0. The van der Waals surface area contributed by atoms with Gasteiger partial charge in [0.2, 0.25) is 0 Å². The summed E-state index contributed by atoms with van der Waals surface area (Å²) in [6.45, 7) is 4.31. The molecule has 0 spiro atoms. The van der Waals surface area contributed by atoms with Gasteiger partial charge in [0.05, 0.1) is 31.6 Å². The van der Waals surface area contributed by atoms with Gasteiger partial charge in [-0.15, -0.1) is 0 Å². The minimum atomic E-state index is 0.665. The van der Waals surface area contributed by atoms with E-state index in [2.05, 4.69) is 25.7 Å². The predicted octanol–water partition coefficient (Wildman–Crippen LogP) is 1.13. The first-order valence-corrected chi connectivity index (χ1v) is 6.99. The molecule has 7 heteroatoms. The molecule has 0 N–H and O–H groups in total. The van der Waals surface area contributed by atoms with Gasteiger partial charge in [-0.1, -0.05) is 0 Å². The highest BCUT2D eigenvalue weighted by Gasteiger charge is 2.19. The van der Waals surface area contributed by atoms with E-state index in [9.17, 15) is 0 Å². The molecule has 0 aliphatic carbocycles. The largest absolute Gasteiger partial charge is 0.468 e. The monoisotopic (exact) mass is 284 g/mol. The summed E-state index contributed by atoms with van der Waals surface area (Å²) in [7, 11) is 0. The maximum absolute atomic E-state index is 5.41. The minimum absolute atomic E-state index is 0.665. The van der Waals surface area contributed by atoms with Crippen molar-refractivity contribution in [3.8, 4) is 0 Å². The number of furan rings is 1. The van der Waals surface area contributed by atoms with Crippen LogP contribution in [0.3, 0.4) is 0 Å². The van der Waals surface area contributed by atoms with Gasteiger partial charge in [-0.3, -0.25) is 4.90 Å². The summed E-state index contributed by atoms with van der Waals surface area (Å²) in [6.07, 6.45) is 7.08. The van der Waals surface area contributed by atoms with E-state index in [4.69, 9.17) is 9.40 Å². The number of hydrogen-bond donors (Lipinski definition) is 0. The summed E-state index contributed by atoms with van der Waals surface area (Å²) in [5.74, 6) is 2.10. The zero-order valence-electron chi connectivity index (χ0n) is 11.6. The van der Waals surface area contributed by atoms with E-state index in [0.29, 0.717) is 6.54 Å². The normalized spacial score (nSPS) is 15.2. The van der Waals surface area contributed by atoms with Crippen LogP contribution in [0.4, 0.5) is 0 Å². The van der Waals surface area contributed by atoms with Gasteiger partial charge in [0, 0.05) is 19.3 Å². The molecule has 4 heterocycles. The zero-order chi connectivity index (χ0) is 14.1. The lowest BCUT2D eigenvalue weighted by atomic mass is 10.3. The molecule has 1 aliphatic rings. The van der Waals surface area contributed by atoms with Crippen LogP contribution in [-0.4, -0.2) is 35.8 Å². The van der Waals surface area contributed by atoms with Gasteiger partial charge >= 0.3 is 0 Å². The quantitative estimate of drug-likeness (QED) is 0.718. The van der Waals surface area contributed by atoms with Crippen molar-refractivity contribution in [2.45, 2.75) is 26.2 Å². The fourth-order valence-electron chi connectivity index (χ4n) is 2.68. The molecule has 0 unspecified atom stereocenters. The molecule has 0 atom stereocenters. The first-order chi connectivity index (χ1) is 10.4. The number of hydrogen-bond acceptors (Lipinski definition) is 5. The van der Waals surface area contributed by atoms with Crippen LogP contribution in [0, 0.1) is 0 Å². The number of fused-ring (bicyclic) bond motifs is 1. The van der Waals surface area contributed by atoms with E-state index in [1.54, 1.807) is 23.6 Å². The van der Waals surface area contributed by atoms with Crippen LogP contribution in [-0.2, 0) is 26.2 Å². The molecule has 0 aromatic carbocycles. The topological polar surface area (TPSA) is 64.9 Å². The lowest BCUT2D eigenvalue weighted by Crippen LogP contribution is -2.33. The highest BCUT2D eigenvalue weighted by Crippen LogP contribution is 2.16. The van der Waals surface area contributed by atoms with E-state index in [1.807, 2.05) is 12.1 Å². The Labute approximate surface area is 121 Å². The summed E-state index contributed by atoms with van der Waals surface area (Å²) in [5.41, 5.74) is 1.02. The average Bonchev–Trinajstić information content (AvgIpc) is 3.19. The molecular formula is C14H16N6O. The molecule has 0 fully saturated rings. The standard InChI is InChI=1S/C14H16N6O/c1-2-13(21-5-1)8-18-3-4-19-6-12(17-14(19)9-18)7-20-11-15-10-16-20/h1-2,5-6,10-11H,3-4,7-9H2. The van der Waals surface area contributed by atoms with Crippen molar-refractivity contribution in [3.05, 3.63) is 54.5 Å². The Balaban J connectivity index is 1.46. The smallest absolute Gasteiger partial charge is 0.137 e. The Morgan fingerprint density at radius 3 is 3.05 bits per heavy atom. The maximum atomic E-state index is 5.41. The molecule has 3 aromatic rings. The molecular weight excluding hydrogens is 268 g/mol. The van der Waals surface area contributed by atoms with E-state index in [-0.39, 0.29) is 0 Å². The van der Waals surface area contributed by atoms with E-state index in [1.165, 1.54) is 0 Å². The molecule has 1 aliphatic heterocycles. The Hall–Kier alpha value is -2.41. The third-order valence-corrected chi connectivity index (χ3v) is 3.68. The first-order valence-electron chi connectivity index (χ1n) is 6.99. The van der Waals surface area contributed by atoms with Crippen LogP contribution < -0.4 is 0 Å². The molecule has 21 heavy (non-hydrogen) atoms. The van der Waals surface area contributed by atoms with Crippen molar-refractivity contribution in [3.63, 3.8) is 0 Å². The molecule has 0 amide bonds. The fraction of sp³-hybridized carbons (Fsp3) is 0.357. The lowest BCUT2D eigenvalue weighted by Gasteiger charge is -2.26. The van der Waals surface area contributed by atoms with Crippen LogP contribution in [0.1, 0.15) is 17.3 Å². The van der Waals surface area contributed by atoms with Crippen LogP contribution >= 0.6 is 0 Å². The molecule has 108 valence electrons. The lowest BCUT2D eigenvalue weighted by molar-refractivity contribution is 0.194. The highest BCUT2D eigenvalue weighted by atomic mass is 16.3. The minimum Gasteiger partial charge on any atom is -0.468 e. The fourth-order valence-corrected chi connectivity index (χ4v) is 2.68. The first kappa shape index (κ1) is 12.3. The van der Waals surface area contributed by atoms with Crippen molar-refractivity contribution in [2.24, 2.45) is 0 Å². The van der Waals surface area contributed by atoms with E-state index in [0.717, 1.165) is 43.5 Å². The molecule has 0 saturated carbocycles. The molecule has 0 saturated heterocycles. The SMILES string of the molecule is c1coc(CN2CCn3cc(Cn4cncn4)nc3C2)c1. The van der Waals surface area contributed by atoms with Gasteiger partial charge in [0.1, 0.15) is 24.2 Å². The zero-order valence-corrected chi connectivity index (χ0v) is 11.6. The van der Waals surface area contributed by atoms with Gasteiger partial charge in [-0.2, -0.15) is 5.10 Å². The van der Waals surface area contributed by atoms with Gasteiger partial charge < -0.3 is 8.98 Å². The number of imidazole rings is 1. The maximum Gasteiger partial charge on any atom is 0.137 e. The second kappa shape index (κ2) is 5.17. The van der Waals surface area contributed by atoms with Crippen LogP contribution in [0.2, 0.25) is 0 Å². The van der Waals surface area contributed by atoms with Gasteiger partial charge in [-0.25, -0.2) is 14.6 Å². The Bertz CT molecular complexity index is 700. The summed E-state index contributed by atoms with van der Waals surface area (Å²) in [5, 5.41) is 4.12. The molecule has 7 nitrogen and oxygen atoms in total. The Morgan fingerprint density at radius 1 is 1.24 bits per heavy atom. The Morgan fingerprint density at radius 2 is 2.24 bits per heavy atom. The van der Waals surface area contributed by atoms with Crippen LogP contribution in [0.15, 0.2) is 41.7 Å². The molecule has 0 bridgehead atoms. The van der Waals surface area contributed by atoms with E-state index >= 15 is 0 Å².